The third-order valence-electron chi connectivity index (χ3n) is 7.19. The third kappa shape index (κ3) is 5.02. The Balaban J connectivity index is 1.39. The van der Waals surface area contributed by atoms with Crippen molar-refractivity contribution >= 4 is 39.8 Å². The molecule has 210 valence electrons. The van der Waals surface area contributed by atoms with E-state index in [0.29, 0.717) is 49.1 Å². The number of rotatable bonds is 6. The summed E-state index contributed by atoms with van der Waals surface area (Å²) in [6, 6.07) is 6.16. The third-order valence-corrected chi connectivity index (χ3v) is 9.69. The van der Waals surface area contributed by atoms with Gasteiger partial charge in [0.2, 0.25) is 17.4 Å². The van der Waals surface area contributed by atoms with E-state index in [4.69, 9.17) is 0 Å². The van der Waals surface area contributed by atoms with Crippen LogP contribution >= 0.6 is 11.3 Å². The Morgan fingerprint density at radius 3 is 2.60 bits per heavy atom. The molecule has 2 aliphatic heterocycles. The topological polar surface area (TPSA) is 116 Å². The molecule has 1 unspecified atom stereocenters. The van der Waals surface area contributed by atoms with Crippen molar-refractivity contribution in [2.75, 3.05) is 49.8 Å². The number of piperazine rings is 1. The number of anilines is 1. The fraction of sp³-hybridized carbons (Fsp3) is 0.385. The summed E-state index contributed by atoms with van der Waals surface area (Å²) in [5.74, 6) is -0.0476. The summed E-state index contributed by atoms with van der Waals surface area (Å²) in [4.78, 5) is 40.6. The van der Waals surface area contributed by atoms with E-state index in [0.717, 1.165) is 23.5 Å². The molecule has 0 saturated carbocycles. The van der Waals surface area contributed by atoms with Gasteiger partial charge in [0, 0.05) is 62.2 Å². The van der Waals surface area contributed by atoms with Crippen LogP contribution in [0.1, 0.15) is 16.9 Å². The summed E-state index contributed by atoms with van der Waals surface area (Å²) < 4.78 is 30.4. The second-order valence-corrected chi connectivity index (χ2v) is 12.6. The first-order chi connectivity index (χ1) is 19.3. The molecular weight excluding hydrogens is 557 g/mol. The first-order valence-electron chi connectivity index (χ1n) is 12.9. The van der Waals surface area contributed by atoms with Crippen molar-refractivity contribution in [1.82, 2.24) is 28.7 Å². The average Bonchev–Trinajstić information content (AvgIpc) is 3.67. The largest absolute Gasteiger partial charge is 0.501 e. The summed E-state index contributed by atoms with van der Waals surface area (Å²) >= 11 is 1.27. The Morgan fingerprint density at radius 1 is 1.15 bits per heavy atom. The molecule has 0 radical (unpaired) electrons. The van der Waals surface area contributed by atoms with E-state index in [-0.39, 0.29) is 29.7 Å². The quantitative estimate of drug-likeness (QED) is 0.366. The predicted octanol–water partition coefficient (Wildman–Crippen LogP) is 1.70. The molecule has 11 nitrogen and oxygen atoms in total. The summed E-state index contributed by atoms with van der Waals surface area (Å²) in [5, 5.41) is 11.3. The Kier molecular flexibility index (Phi) is 7.15. The van der Waals surface area contributed by atoms with Gasteiger partial charge in [-0.15, -0.1) is 11.3 Å². The molecule has 0 bridgehead atoms. The maximum atomic E-state index is 13.5. The van der Waals surface area contributed by atoms with E-state index in [1.165, 1.54) is 27.9 Å². The van der Waals surface area contributed by atoms with Crippen molar-refractivity contribution in [3.05, 3.63) is 63.3 Å². The number of carbonyl (C=O) groups is 1. The number of hydrogen-bond donors (Lipinski definition) is 1. The number of likely N-dealkylation sites (N-methyl/N-ethyl adjacent to an activating group) is 1. The molecule has 14 heteroatoms. The average molecular weight is 586 g/mol. The van der Waals surface area contributed by atoms with E-state index < -0.39 is 22.3 Å². The fourth-order valence-corrected chi connectivity index (χ4v) is 7.17. The molecule has 2 saturated heterocycles. The predicted molar refractivity (Wildman–Crippen MR) is 150 cm³/mol. The van der Waals surface area contributed by atoms with Crippen LogP contribution in [0, 0.1) is 5.82 Å². The van der Waals surface area contributed by atoms with Crippen molar-refractivity contribution < 1.29 is 18.5 Å². The van der Waals surface area contributed by atoms with Gasteiger partial charge in [0.15, 0.2) is 5.69 Å². The summed E-state index contributed by atoms with van der Waals surface area (Å²) in [6.07, 6.45) is 4.45. The highest BCUT2D eigenvalue weighted by Crippen LogP contribution is 2.32. The van der Waals surface area contributed by atoms with Crippen LogP contribution < -0.4 is 9.86 Å². The Morgan fingerprint density at radius 2 is 1.90 bits per heavy atom. The van der Waals surface area contributed by atoms with E-state index in [9.17, 15) is 23.3 Å². The highest BCUT2D eigenvalue weighted by atomic mass is 32.2. The second-order valence-electron chi connectivity index (χ2n) is 9.97. The SMILES string of the molecule is CN1CCN(C(=O)Cn2cc(N3CCCS3=O)n3c(=O)c(O)c(-c4ncc(Cc5ccc(F)cc5)s4)nc23)CC1. The van der Waals surface area contributed by atoms with Gasteiger partial charge in [-0.2, -0.15) is 0 Å². The maximum Gasteiger partial charge on any atom is 0.303 e. The number of benzene rings is 1. The van der Waals surface area contributed by atoms with Gasteiger partial charge in [0.05, 0.1) is 0 Å². The Labute approximate surface area is 235 Å². The first kappa shape index (κ1) is 26.6. The number of imidazole rings is 1. The van der Waals surface area contributed by atoms with Crippen molar-refractivity contribution in [3.63, 3.8) is 0 Å². The number of nitrogens with zero attached hydrogens (tertiary/aromatic N) is 7. The summed E-state index contributed by atoms with van der Waals surface area (Å²) in [6.45, 7) is 3.18. The number of aromatic nitrogens is 4. The van der Waals surface area contributed by atoms with Crippen LogP contribution in [-0.2, 0) is 28.7 Å². The minimum Gasteiger partial charge on any atom is -0.501 e. The number of halogens is 1. The zero-order valence-corrected chi connectivity index (χ0v) is 23.5. The van der Waals surface area contributed by atoms with Crippen LogP contribution in [0.4, 0.5) is 10.2 Å². The van der Waals surface area contributed by atoms with Crippen molar-refractivity contribution in [2.24, 2.45) is 0 Å². The molecule has 1 amide bonds. The lowest BCUT2D eigenvalue weighted by Gasteiger charge is -2.32. The summed E-state index contributed by atoms with van der Waals surface area (Å²) in [7, 11) is 0.679. The zero-order chi connectivity index (χ0) is 28.0. The molecule has 5 heterocycles. The van der Waals surface area contributed by atoms with Gasteiger partial charge in [-0.25, -0.2) is 23.0 Å². The molecule has 4 aromatic rings. The van der Waals surface area contributed by atoms with Gasteiger partial charge in [-0.3, -0.25) is 13.9 Å². The highest BCUT2D eigenvalue weighted by molar-refractivity contribution is 7.86. The minimum atomic E-state index is -1.33. The normalized spacial score (nSPS) is 18.2. The molecule has 6 rings (SSSR count). The van der Waals surface area contributed by atoms with Crippen LogP contribution in [0.2, 0.25) is 0 Å². The van der Waals surface area contributed by atoms with Crippen molar-refractivity contribution in [2.45, 2.75) is 19.4 Å². The highest BCUT2D eigenvalue weighted by Gasteiger charge is 2.29. The van der Waals surface area contributed by atoms with E-state index in [1.54, 1.807) is 38.3 Å². The fourth-order valence-electron chi connectivity index (χ4n) is 4.96. The number of aromatic hydroxyl groups is 1. The minimum absolute atomic E-state index is 0.0147. The number of amides is 1. The van der Waals surface area contributed by atoms with E-state index in [2.05, 4.69) is 14.9 Å². The Bertz CT molecular complexity index is 1660. The maximum absolute atomic E-state index is 13.5. The number of thiazole rings is 1. The summed E-state index contributed by atoms with van der Waals surface area (Å²) in [5.41, 5.74) is 0.185. The van der Waals surface area contributed by atoms with Crippen molar-refractivity contribution in [3.8, 4) is 16.5 Å². The first-order valence-corrected chi connectivity index (χ1v) is 15.0. The van der Waals surface area contributed by atoms with Crippen LogP contribution in [0.5, 0.6) is 5.75 Å². The number of fused-ring (bicyclic) bond motifs is 1. The van der Waals surface area contributed by atoms with Crippen LogP contribution in [0.15, 0.2) is 41.5 Å². The lowest BCUT2D eigenvalue weighted by atomic mass is 10.1. The Hall–Kier alpha value is -3.62. The number of carbonyl (C=O) groups excluding carboxylic acids is 1. The van der Waals surface area contributed by atoms with E-state index in [1.807, 2.05) is 7.05 Å². The lowest BCUT2D eigenvalue weighted by Crippen LogP contribution is -2.48. The zero-order valence-electron chi connectivity index (χ0n) is 21.8. The van der Waals surface area contributed by atoms with Crippen LogP contribution in [0.25, 0.3) is 16.5 Å². The molecule has 0 spiro atoms. The smallest absolute Gasteiger partial charge is 0.303 e. The number of hydrogen-bond acceptors (Lipinski definition) is 8. The molecule has 2 fully saturated rings. The lowest BCUT2D eigenvalue weighted by molar-refractivity contribution is -0.133. The van der Waals surface area contributed by atoms with Crippen molar-refractivity contribution in [1.29, 1.82) is 0 Å². The standard InChI is InChI=1S/C26H28FN7O4S2/c1-30-8-10-31(11-9-30)21(35)16-32-15-20(33-7-2-12-40(33)38)34-25(37)23(36)22(29-26(32)34)24-28-14-19(39-24)13-17-3-5-18(27)6-4-17/h3-6,14-15,36H,2,7-13,16H2,1H3. The molecule has 40 heavy (non-hydrogen) atoms. The molecule has 0 aliphatic carbocycles. The monoisotopic (exact) mass is 585 g/mol. The molecule has 1 aromatic carbocycles. The van der Waals surface area contributed by atoms with Gasteiger partial charge in [0.1, 0.15) is 34.2 Å². The molecule has 1 atom stereocenters. The molecule has 2 aliphatic rings. The second kappa shape index (κ2) is 10.7. The molecular formula is C26H28FN7O4S2. The molecule has 3 aromatic heterocycles. The van der Waals surface area contributed by atoms with Gasteiger partial charge in [-0.1, -0.05) is 12.1 Å². The van der Waals surface area contributed by atoms with Gasteiger partial charge >= 0.3 is 5.56 Å². The van der Waals surface area contributed by atoms with Gasteiger partial charge in [-0.05, 0) is 31.2 Å². The van der Waals surface area contributed by atoms with E-state index >= 15 is 0 Å². The van der Waals surface area contributed by atoms with Crippen LogP contribution in [0.3, 0.4) is 0 Å². The van der Waals surface area contributed by atoms with Gasteiger partial charge in [0.25, 0.3) is 0 Å². The molecule has 1 N–H and O–H groups in total. The van der Waals surface area contributed by atoms with Gasteiger partial charge < -0.3 is 19.5 Å². The van der Waals surface area contributed by atoms with Crippen LogP contribution in [-0.4, -0.2) is 89.5 Å².